The lowest BCUT2D eigenvalue weighted by molar-refractivity contribution is -0.183. The Morgan fingerprint density at radius 1 is 1.42 bits per heavy atom. The van der Waals surface area contributed by atoms with Crippen LogP contribution in [-0.4, -0.2) is 30.2 Å². The lowest BCUT2D eigenvalue weighted by Crippen LogP contribution is -2.46. The predicted molar refractivity (Wildman–Crippen MR) is 102 cm³/mol. The minimum absolute atomic E-state index is 0. The van der Waals surface area contributed by atoms with E-state index in [1.165, 1.54) is 4.88 Å². The molecule has 2 unspecified atom stereocenters. The highest BCUT2D eigenvalue weighted by atomic mass is 127. The summed E-state index contributed by atoms with van der Waals surface area (Å²) in [6.07, 6.45) is 0.372. The van der Waals surface area contributed by atoms with Crippen LogP contribution in [0.5, 0.6) is 0 Å². The van der Waals surface area contributed by atoms with E-state index in [9.17, 15) is 13.2 Å². The molecule has 138 valence electrons. The van der Waals surface area contributed by atoms with Gasteiger partial charge in [-0.3, -0.25) is 4.99 Å². The Morgan fingerprint density at radius 2 is 2.17 bits per heavy atom. The molecule has 24 heavy (non-hydrogen) atoms. The molecule has 0 saturated heterocycles. The van der Waals surface area contributed by atoms with Crippen molar-refractivity contribution in [2.45, 2.75) is 57.8 Å². The minimum atomic E-state index is -4.10. The van der Waals surface area contributed by atoms with Crippen LogP contribution in [0.25, 0.3) is 0 Å². The van der Waals surface area contributed by atoms with Crippen molar-refractivity contribution in [2.24, 2.45) is 10.9 Å². The fraction of sp³-hybridized carbons (Fsp3) is 0.733. The first-order valence-electron chi connectivity index (χ1n) is 7.89. The van der Waals surface area contributed by atoms with Gasteiger partial charge in [-0.1, -0.05) is 13.3 Å². The van der Waals surface area contributed by atoms with E-state index >= 15 is 0 Å². The number of aliphatic imine (C=N–C) groups is 1. The van der Waals surface area contributed by atoms with E-state index < -0.39 is 12.1 Å². The maximum atomic E-state index is 12.9. The number of nitrogens with zero attached hydrogens (tertiary/aromatic N) is 2. The zero-order valence-electron chi connectivity index (χ0n) is 13.8. The molecule has 1 aromatic heterocycles. The van der Waals surface area contributed by atoms with Gasteiger partial charge in [0, 0.05) is 24.2 Å². The molecule has 9 heteroatoms. The third-order valence-corrected chi connectivity index (χ3v) is 5.20. The smallest absolute Gasteiger partial charge is 0.354 e. The number of rotatable bonds is 4. The van der Waals surface area contributed by atoms with E-state index in [1.807, 2.05) is 6.20 Å². The molecule has 1 aliphatic carbocycles. The van der Waals surface area contributed by atoms with Gasteiger partial charge < -0.3 is 10.6 Å². The van der Waals surface area contributed by atoms with Crippen molar-refractivity contribution in [2.75, 3.05) is 7.05 Å². The summed E-state index contributed by atoms with van der Waals surface area (Å²) in [4.78, 5) is 9.62. The number of nitrogens with one attached hydrogen (secondary N) is 2. The number of aromatic nitrogens is 1. The summed E-state index contributed by atoms with van der Waals surface area (Å²) < 4.78 is 38.6. The van der Waals surface area contributed by atoms with E-state index in [2.05, 4.69) is 27.5 Å². The number of hydrogen-bond donors (Lipinski definition) is 2. The molecule has 1 heterocycles. The average Bonchev–Trinajstić information content (AvgIpc) is 2.99. The molecule has 0 amide bonds. The number of aryl methyl sites for hydroxylation is 1. The number of guanidine groups is 1. The van der Waals surface area contributed by atoms with Crippen LogP contribution in [0.4, 0.5) is 13.2 Å². The van der Waals surface area contributed by atoms with Crippen molar-refractivity contribution in [3.8, 4) is 0 Å². The number of hydrogen-bond acceptors (Lipinski definition) is 3. The van der Waals surface area contributed by atoms with E-state index in [1.54, 1.807) is 18.4 Å². The highest BCUT2D eigenvalue weighted by molar-refractivity contribution is 14.0. The Hall–Kier alpha value is -0.580. The van der Waals surface area contributed by atoms with Gasteiger partial charge in [-0.05, 0) is 25.7 Å². The summed E-state index contributed by atoms with van der Waals surface area (Å²) in [6.45, 7) is 2.60. The van der Waals surface area contributed by atoms with Gasteiger partial charge in [0.05, 0.1) is 12.5 Å². The van der Waals surface area contributed by atoms with Crippen LogP contribution in [-0.2, 0) is 13.0 Å². The quantitative estimate of drug-likeness (QED) is 0.391. The topological polar surface area (TPSA) is 49.3 Å². The van der Waals surface area contributed by atoms with E-state index in [0.717, 1.165) is 17.8 Å². The highest BCUT2D eigenvalue weighted by Gasteiger charge is 2.42. The van der Waals surface area contributed by atoms with Gasteiger partial charge in [0.2, 0.25) is 0 Å². The van der Waals surface area contributed by atoms with Crippen molar-refractivity contribution < 1.29 is 13.2 Å². The van der Waals surface area contributed by atoms with Crippen molar-refractivity contribution in [1.82, 2.24) is 15.6 Å². The third kappa shape index (κ3) is 6.38. The van der Waals surface area contributed by atoms with Gasteiger partial charge in [0.25, 0.3) is 0 Å². The molecule has 4 nitrogen and oxygen atoms in total. The van der Waals surface area contributed by atoms with Crippen LogP contribution in [0.3, 0.4) is 0 Å². The van der Waals surface area contributed by atoms with E-state index in [0.29, 0.717) is 18.9 Å². The molecule has 1 saturated carbocycles. The fourth-order valence-electron chi connectivity index (χ4n) is 2.76. The van der Waals surface area contributed by atoms with Crippen LogP contribution in [0, 0.1) is 5.92 Å². The van der Waals surface area contributed by atoms with Gasteiger partial charge in [0.15, 0.2) is 5.96 Å². The lowest BCUT2D eigenvalue weighted by atomic mass is 9.85. The summed E-state index contributed by atoms with van der Waals surface area (Å²) >= 11 is 1.63. The maximum absolute atomic E-state index is 12.9. The molecular weight excluding hydrogens is 452 g/mol. The molecule has 0 aromatic carbocycles. The number of thiazole rings is 1. The summed E-state index contributed by atoms with van der Waals surface area (Å²) in [6, 6.07) is -0.191. The maximum Gasteiger partial charge on any atom is 0.391 e. The Morgan fingerprint density at radius 3 is 2.75 bits per heavy atom. The summed E-state index contributed by atoms with van der Waals surface area (Å²) in [7, 11) is 1.62. The Balaban J connectivity index is 0.00000288. The molecule has 2 rings (SSSR count). The fourth-order valence-corrected chi connectivity index (χ4v) is 3.56. The second-order valence-electron chi connectivity index (χ2n) is 5.75. The van der Waals surface area contributed by atoms with Gasteiger partial charge in [-0.15, -0.1) is 35.3 Å². The molecule has 2 N–H and O–H groups in total. The second-order valence-corrected chi connectivity index (χ2v) is 6.95. The van der Waals surface area contributed by atoms with Crippen molar-refractivity contribution in [3.63, 3.8) is 0 Å². The van der Waals surface area contributed by atoms with Crippen LogP contribution < -0.4 is 10.6 Å². The number of halogens is 4. The standard InChI is InChI=1S/C15H23F3N4S.HI/c1-3-12-8-20-13(23-12)9-21-14(19-2)22-11-6-4-5-10(7-11)15(16,17)18;/h8,10-11H,3-7,9H2,1-2H3,(H2,19,21,22);1H. The van der Waals surface area contributed by atoms with Crippen molar-refractivity contribution in [3.05, 3.63) is 16.1 Å². The molecular formula is C15H24F3IN4S. The lowest BCUT2D eigenvalue weighted by Gasteiger charge is -2.31. The van der Waals surface area contributed by atoms with Crippen LogP contribution in [0.1, 0.15) is 42.5 Å². The molecule has 1 aliphatic rings. The predicted octanol–water partition coefficient (Wildman–Crippen LogP) is 4.11. The zero-order valence-corrected chi connectivity index (χ0v) is 17.0. The normalized spacial score (nSPS) is 22.0. The Labute approximate surface area is 161 Å². The number of alkyl halides is 3. The average molecular weight is 476 g/mol. The molecule has 2 atom stereocenters. The molecule has 1 aromatic rings. The van der Waals surface area contributed by atoms with Gasteiger partial charge in [0.1, 0.15) is 5.01 Å². The minimum Gasteiger partial charge on any atom is -0.354 e. The largest absolute Gasteiger partial charge is 0.391 e. The van der Waals surface area contributed by atoms with Crippen molar-refractivity contribution >= 4 is 41.3 Å². The zero-order chi connectivity index (χ0) is 16.9. The van der Waals surface area contributed by atoms with E-state index in [4.69, 9.17) is 0 Å². The second kappa shape index (κ2) is 9.79. The first kappa shape index (κ1) is 21.5. The monoisotopic (exact) mass is 476 g/mol. The first-order chi connectivity index (χ1) is 10.9. The van der Waals surface area contributed by atoms with Crippen LogP contribution in [0.15, 0.2) is 11.2 Å². The molecule has 0 spiro atoms. The summed E-state index contributed by atoms with van der Waals surface area (Å²) in [5.41, 5.74) is 0. The Kier molecular flexibility index (Phi) is 8.75. The highest BCUT2D eigenvalue weighted by Crippen LogP contribution is 2.37. The molecule has 1 fully saturated rings. The van der Waals surface area contributed by atoms with Crippen molar-refractivity contribution in [1.29, 1.82) is 0 Å². The van der Waals surface area contributed by atoms with E-state index in [-0.39, 0.29) is 42.9 Å². The SMILES string of the molecule is CCc1cnc(CNC(=NC)NC2CCCC(C(F)(F)F)C2)s1.I. The first-order valence-corrected chi connectivity index (χ1v) is 8.71. The molecule has 0 aliphatic heterocycles. The Bertz CT molecular complexity index is 533. The van der Waals surface area contributed by atoms with Crippen LogP contribution in [0.2, 0.25) is 0 Å². The van der Waals surface area contributed by atoms with Gasteiger partial charge >= 0.3 is 6.18 Å². The van der Waals surface area contributed by atoms with Crippen LogP contribution >= 0.6 is 35.3 Å². The third-order valence-electron chi connectivity index (χ3n) is 4.06. The molecule has 0 radical (unpaired) electrons. The summed E-state index contributed by atoms with van der Waals surface area (Å²) in [5, 5.41) is 7.19. The molecule has 0 bridgehead atoms. The van der Waals surface area contributed by atoms with Gasteiger partial charge in [-0.25, -0.2) is 4.98 Å². The van der Waals surface area contributed by atoms with Gasteiger partial charge in [-0.2, -0.15) is 13.2 Å². The summed E-state index contributed by atoms with van der Waals surface area (Å²) in [5.74, 6) is -0.677.